The second-order valence-corrected chi connectivity index (χ2v) is 7.43. The molecule has 0 radical (unpaired) electrons. The Morgan fingerprint density at radius 1 is 1.17 bits per heavy atom. The maximum atomic E-state index is 13.9. The average molecular weight is 396 g/mol. The molecule has 1 N–H and O–H groups in total. The zero-order valence-electron chi connectivity index (χ0n) is 16.7. The van der Waals surface area contributed by atoms with E-state index in [4.69, 9.17) is 4.74 Å². The molecule has 1 atom stereocenters. The molecule has 3 aromatic rings. The standard InChI is InChI=1S/C22H25FN4O2/c1-15(21-24-19-6-4-3-5-17(19)22(28)25-21)27-11-9-26(10-12-27)14-16-7-8-20(29-2)18(23)13-16/h3-8,13,15H,9-12,14H2,1-2H3,(H,24,25,28)/t15-/m0/s1. The van der Waals surface area contributed by atoms with Crippen molar-refractivity contribution in [2.75, 3.05) is 33.3 Å². The number of nitrogens with zero attached hydrogens (tertiary/aromatic N) is 3. The Hall–Kier alpha value is -2.77. The van der Waals surface area contributed by atoms with Gasteiger partial charge in [-0.15, -0.1) is 0 Å². The molecule has 6 nitrogen and oxygen atoms in total. The van der Waals surface area contributed by atoms with E-state index in [1.54, 1.807) is 12.1 Å². The van der Waals surface area contributed by atoms with Gasteiger partial charge in [-0.25, -0.2) is 9.37 Å². The van der Waals surface area contributed by atoms with E-state index in [1.165, 1.54) is 13.2 Å². The van der Waals surface area contributed by atoms with Crippen LogP contribution in [-0.2, 0) is 6.54 Å². The molecule has 1 aliphatic rings. The highest BCUT2D eigenvalue weighted by molar-refractivity contribution is 5.77. The highest BCUT2D eigenvalue weighted by Crippen LogP contribution is 2.22. The van der Waals surface area contributed by atoms with Gasteiger partial charge in [0.15, 0.2) is 11.6 Å². The molecule has 0 spiro atoms. The Morgan fingerprint density at radius 3 is 2.66 bits per heavy atom. The third kappa shape index (κ3) is 4.16. The lowest BCUT2D eigenvalue weighted by Gasteiger charge is -2.37. The number of para-hydroxylation sites is 1. The summed E-state index contributed by atoms with van der Waals surface area (Å²) in [4.78, 5) is 24.6. The summed E-state index contributed by atoms with van der Waals surface area (Å²) in [7, 11) is 1.47. The predicted octanol–water partition coefficient (Wildman–Crippen LogP) is 2.95. The Kier molecular flexibility index (Phi) is 5.60. The van der Waals surface area contributed by atoms with Gasteiger partial charge < -0.3 is 9.72 Å². The van der Waals surface area contributed by atoms with Crippen molar-refractivity contribution in [3.05, 3.63) is 70.0 Å². The van der Waals surface area contributed by atoms with Crippen LogP contribution in [0.1, 0.15) is 24.4 Å². The normalized spacial score (nSPS) is 16.8. The van der Waals surface area contributed by atoms with Crippen LogP contribution in [0.5, 0.6) is 5.75 Å². The van der Waals surface area contributed by atoms with Gasteiger partial charge in [0.25, 0.3) is 5.56 Å². The van der Waals surface area contributed by atoms with E-state index in [2.05, 4.69) is 26.7 Å². The number of benzene rings is 2. The fraction of sp³-hybridized carbons (Fsp3) is 0.364. The Labute approximate surface area is 168 Å². The van der Waals surface area contributed by atoms with Crippen LogP contribution in [-0.4, -0.2) is 53.1 Å². The van der Waals surface area contributed by atoms with Crippen molar-refractivity contribution in [1.82, 2.24) is 19.8 Å². The molecule has 152 valence electrons. The van der Waals surface area contributed by atoms with Gasteiger partial charge in [-0.1, -0.05) is 18.2 Å². The molecule has 4 rings (SSSR count). The number of nitrogens with one attached hydrogen (secondary N) is 1. The maximum absolute atomic E-state index is 13.9. The van der Waals surface area contributed by atoms with E-state index in [-0.39, 0.29) is 23.2 Å². The van der Waals surface area contributed by atoms with Gasteiger partial charge in [-0.2, -0.15) is 0 Å². The average Bonchev–Trinajstić information content (AvgIpc) is 2.74. The number of H-pyrrole nitrogens is 1. The third-order valence-electron chi connectivity index (χ3n) is 5.60. The van der Waals surface area contributed by atoms with Crippen LogP contribution < -0.4 is 10.3 Å². The zero-order valence-corrected chi connectivity index (χ0v) is 16.7. The number of halogens is 1. The van der Waals surface area contributed by atoms with Crippen molar-refractivity contribution >= 4 is 10.9 Å². The molecule has 1 fully saturated rings. The minimum Gasteiger partial charge on any atom is -0.494 e. The van der Waals surface area contributed by atoms with Crippen molar-refractivity contribution in [3.63, 3.8) is 0 Å². The lowest BCUT2D eigenvalue weighted by molar-refractivity contribution is 0.0947. The molecule has 0 aliphatic carbocycles. The van der Waals surface area contributed by atoms with Crippen LogP contribution in [0.4, 0.5) is 4.39 Å². The molecule has 1 aliphatic heterocycles. The monoisotopic (exact) mass is 396 g/mol. The number of methoxy groups -OCH3 is 1. The molecule has 0 bridgehead atoms. The minimum absolute atomic E-state index is 0.0212. The van der Waals surface area contributed by atoms with Crippen molar-refractivity contribution in [3.8, 4) is 5.75 Å². The summed E-state index contributed by atoms with van der Waals surface area (Å²) in [5.41, 5.74) is 1.56. The number of fused-ring (bicyclic) bond motifs is 1. The topological polar surface area (TPSA) is 61.5 Å². The molecule has 0 amide bonds. The highest BCUT2D eigenvalue weighted by Gasteiger charge is 2.24. The van der Waals surface area contributed by atoms with Gasteiger partial charge in [-0.3, -0.25) is 14.6 Å². The van der Waals surface area contributed by atoms with Gasteiger partial charge in [0, 0.05) is 32.7 Å². The van der Waals surface area contributed by atoms with Crippen LogP contribution in [0.2, 0.25) is 0 Å². The summed E-state index contributed by atoms with van der Waals surface area (Å²) in [6, 6.07) is 12.5. The first kappa shape index (κ1) is 19.5. The molecule has 29 heavy (non-hydrogen) atoms. The molecular formula is C22H25FN4O2. The first-order valence-electron chi connectivity index (χ1n) is 9.83. The Bertz CT molecular complexity index is 1060. The summed E-state index contributed by atoms with van der Waals surface area (Å²) in [5, 5.41) is 0.611. The van der Waals surface area contributed by atoms with E-state index in [9.17, 15) is 9.18 Å². The molecule has 1 aromatic heterocycles. The quantitative estimate of drug-likeness (QED) is 0.719. The van der Waals surface area contributed by atoms with Crippen LogP contribution in [0.25, 0.3) is 10.9 Å². The first-order valence-corrected chi connectivity index (χ1v) is 9.83. The number of aromatic amines is 1. The van der Waals surface area contributed by atoms with E-state index in [0.717, 1.165) is 37.3 Å². The second-order valence-electron chi connectivity index (χ2n) is 7.43. The maximum Gasteiger partial charge on any atom is 0.258 e. The molecule has 0 unspecified atom stereocenters. The van der Waals surface area contributed by atoms with E-state index in [0.29, 0.717) is 17.8 Å². The fourth-order valence-electron chi connectivity index (χ4n) is 3.85. The highest BCUT2D eigenvalue weighted by atomic mass is 19.1. The van der Waals surface area contributed by atoms with Crippen LogP contribution in [0.15, 0.2) is 47.3 Å². The van der Waals surface area contributed by atoms with E-state index in [1.807, 2.05) is 24.3 Å². The van der Waals surface area contributed by atoms with Crippen LogP contribution in [0, 0.1) is 5.82 Å². The van der Waals surface area contributed by atoms with Gasteiger partial charge in [0.2, 0.25) is 0 Å². The van der Waals surface area contributed by atoms with Crippen LogP contribution in [0.3, 0.4) is 0 Å². The van der Waals surface area contributed by atoms with Crippen molar-refractivity contribution < 1.29 is 9.13 Å². The second kappa shape index (κ2) is 8.31. The van der Waals surface area contributed by atoms with E-state index >= 15 is 0 Å². The van der Waals surface area contributed by atoms with Crippen molar-refractivity contribution in [1.29, 1.82) is 0 Å². The first-order chi connectivity index (χ1) is 14.0. The Balaban J connectivity index is 1.40. The van der Waals surface area contributed by atoms with Gasteiger partial charge in [-0.05, 0) is 36.8 Å². The summed E-state index contributed by atoms with van der Waals surface area (Å²) >= 11 is 0. The largest absolute Gasteiger partial charge is 0.494 e. The molecule has 2 aromatic carbocycles. The lowest BCUT2D eigenvalue weighted by atomic mass is 10.1. The van der Waals surface area contributed by atoms with Gasteiger partial charge in [0.1, 0.15) is 5.82 Å². The molecule has 0 saturated carbocycles. The van der Waals surface area contributed by atoms with Gasteiger partial charge >= 0.3 is 0 Å². The minimum atomic E-state index is -0.330. The summed E-state index contributed by atoms with van der Waals surface area (Å²) < 4.78 is 18.9. The Morgan fingerprint density at radius 2 is 1.93 bits per heavy atom. The number of ether oxygens (including phenoxy) is 1. The lowest BCUT2D eigenvalue weighted by Crippen LogP contribution is -2.47. The molecule has 2 heterocycles. The number of rotatable bonds is 5. The van der Waals surface area contributed by atoms with Crippen LogP contribution >= 0.6 is 0 Å². The predicted molar refractivity (Wildman–Crippen MR) is 111 cm³/mol. The molecule has 1 saturated heterocycles. The number of aromatic nitrogens is 2. The summed E-state index contributed by atoms with van der Waals surface area (Å²) in [6.45, 7) is 6.23. The number of hydrogen-bond acceptors (Lipinski definition) is 5. The SMILES string of the molecule is COc1ccc(CN2CCN([C@@H](C)c3nc4ccccc4c(=O)[nH]3)CC2)cc1F. The molecule has 7 heteroatoms. The fourth-order valence-corrected chi connectivity index (χ4v) is 3.85. The van der Waals surface area contributed by atoms with Gasteiger partial charge in [0.05, 0.1) is 24.1 Å². The number of hydrogen-bond donors (Lipinski definition) is 1. The molecular weight excluding hydrogens is 371 g/mol. The number of piperazine rings is 1. The third-order valence-corrected chi connectivity index (χ3v) is 5.60. The van der Waals surface area contributed by atoms with Crippen molar-refractivity contribution in [2.24, 2.45) is 0 Å². The zero-order chi connectivity index (χ0) is 20.4. The smallest absolute Gasteiger partial charge is 0.258 e. The van der Waals surface area contributed by atoms with E-state index < -0.39 is 0 Å². The summed E-state index contributed by atoms with van der Waals surface area (Å²) in [6.07, 6.45) is 0. The van der Waals surface area contributed by atoms with Crippen molar-refractivity contribution in [2.45, 2.75) is 19.5 Å². The summed E-state index contributed by atoms with van der Waals surface area (Å²) in [5.74, 6) is 0.632.